The largest absolute Gasteiger partial charge is 0.481 e. The second kappa shape index (κ2) is 12.7. The number of carbonyl (C=O) groups is 4. The summed E-state index contributed by atoms with van der Waals surface area (Å²) < 4.78 is 5.28. The van der Waals surface area contributed by atoms with E-state index in [0.717, 1.165) is 18.4 Å². The zero-order valence-corrected chi connectivity index (χ0v) is 24.1. The second-order valence-corrected chi connectivity index (χ2v) is 11.1. The Morgan fingerprint density at radius 1 is 1.00 bits per heavy atom. The fourth-order valence-electron chi connectivity index (χ4n) is 5.80. The standard InChI is InChI=1S/C30H38N6O6/c1-3-5-15-42-30(41)35-13-11-34(12-14-35)28(38)22(4-2)32-27(37)23-16-24(33-26(31-23)19-9-7-6-8-10-19)36-17-20-21(18-36)25(20)29(39)40/h6-10,16,20-22,25H,3-5,11-15,17-18H2,1-2H3,(H,32,37)(H,39,40)/t20-,21+,22-,25?/m0/s1. The highest BCUT2D eigenvalue weighted by atomic mass is 16.6. The molecule has 12 heteroatoms. The van der Waals surface area contributed by atoms with Gasteiger partial charge in [-0.15, -0.1) is 0 Å². The van der Waals surface area contributed by atoms with Crippen LogP contribution >= 0.6 is 0 Å². The fraction of sp³-hybridized carbons (Fsp3) is 0.533. The first-order valence-electron chi connectivity index (χ1n) is 14.7. The van der Waals surface area contributed by atoms with Crippen molar-refractivity contribution in [3.8, 4) is 11.4 Å². The number of hydrogen-bond donors (Lipinski definition) is 2. The van der Waals surface area contributed by atoms with Gasteiger partial charge in [0.05, 0.1) is 12.5 Å². The van der Waals surface area contributed by atoms with E-state index >= 15 is 0 Å². The van der Waals surface area contributed by atoms with Crippen molar-refractivity contribution in [1.82, 2.24) is 25.1 Å². The number of piperidine rings is 1. The number of nitrogens with one attached hydrogen (secondary N) is 1. The summed E-state index contributed by atoms with van der Waals surface area (Å²) in [4.78, 5) is 65.1. The van der Waals surface area contributed by atoms with E-state index in [9.17, 15) is 24.3 Å². The van der Waals surface area contributed by atoms with Gasteiger partial charge in [0, 0.05) is 50.9 Å². The lowest BCUT2D eigenvalue weighted by Crippen LogP contribution is -2.55. The van der Waals surface area contributed by atoms with Crippen LogP contribution in [0.15, 0.2) is 36.4 Å². The van der Waals surface area contributed by atoms with E-state index in [1.54, 1.807) is 15.9 Å². The Bertz CT molecular complexity index is 1300. The number of anilines is 1. The summed E-state index contributed by atoms with van der Waals surface area (Å²) in [5.41, 5.74) is 0.885. The van der Waals surface area contributed by atoms with Gasteiger partial charge in [-0.1, -0.05) is 50.6 Å². The fourth-order valence-corrected chi connectivity index (χ4v) is 5.80. The third-order valence-corrected chi connectivity index (χ3v) is 8.37. The lowest BCUT2D eigenvalue weighted by Gasteiger charge is -2.35. The molecule has 4 atom stereocenters. The molecular formula is C30H38N6O6. The molecule has 12 nitrogen and oxygen atoms in total. The van der Waals surface area contributed by atoms with Crippen LogP contribution in [0.2, 0.25) is 0 Å². The molecule has 5 rings (SSSR count). The predicted octanol–water partition coefficient (Wildman–Crippen LogP) is 2.50. The van der Waals surface area contributed by atoms with Gasteiger partial charge in [0.15, 0.2) is 5.82 Å². The number of aliphatic carboxylic acids is 1. The number of carboxylic acids is 1. The molecule has 42 heavy (non-hydrogen) atoms. The maximum absolute atomic E-state index is 13.5. The molecule has 3 heterocycles. The molecule has 3 fully saturated rings. The van der Waals surface area contributed by atoms with Crippen molar-refractivity contribution in [3.63, 3.8) is 0 Å². The Hall–Kier alpha value is -4.22. The van der Waals surface area contributed by atoms with Crippen LogP contribution in [-0.4, -0.2) is 101 Å². The van der Waals surface area contributed by atoms with E-state index in [1.165, 1.54) is 0 Å². The monoisotopic (exact) mass is 578 g/mol. The number of hydrogen-bond acceptors (Lipinski definition) is 8. The van der Waals surface area contributed by atoms with Crippen molar-refractivity contribution < 1.29 is 29.0 Å². The van der Waals surface area contributed by atoms with Crippen molar-refractivity contribution >= 4 is 29.7 Å². The minimum Gasteiger partial charge on any atom is -0.481 e. The first-order valence-corrected chi connectivity index (χ1v) is 14.7. The Balaban J connectivity index is 1.26. The van der Waals surface area contributed by atoms with Gasteiger partial charge in [0.2, 0.25) is 5.91 Å². The molecule has 0 radical (unpaired) electrons. The van der Waals surface area contributed by atoms with Gasteiger partial charge in [0.25, 0.3) is 5.91 Å². The Kier molecular flexibility index (Phi) is 8.89. The zero-order chi connectivity index (χ0) is 29.8. The molecule has 1 unspecified atom stereocenters. The lowest BCUT2D eigenvalue weighted by molar-refractivity contribution is -0.139. The van der Waals surface area contributed by atoms with Crippen LogP contribution in [0.25, 0.3) is 11.4 Å². The van der Waals surface area contributed by atoms with Gasteiger partial charge in [-0.05, 0) is 24.7 Å². The van der Waals surface area contributed by atoms with Gasteiger partial charge in [-0.2, -0.15) is 0 Å². The van der Waals surface area contributed by atoms with Crippen LogP contribution in [-0.2, 0) is 14.3 Å². The van der Waals surface area contributed by atoms with E-state index in [-0.39, 0.29) is 35.4 Å². The molecule has 0 spiro atoms. The zero-order valence-electron chi connectivity index (χ0n) is 24.1. The molecule has 3 amide bonds. The average Bonchev–Trinajstić information content (AvgIpc) is 3.53. The van der Waals surface area contributed by atoms with E-state index in [4.69, 9.17) is 9.72 Å². The number of rotatable bonds is 10. The number of amides is 3. The van der Waals surface area contributed by atoms with Crippen molar-refractivity contribution in [2.24, 2.45) is 17.8 Å². The summed E-state index contributed by atoms with van der Waals surface area (Å²) in [6.45, 7) is 6.83. The van der Waals surface area contributed by atoms with Crippen molar-refractivity contribution in [2.45, 2.75) is 39.2 Å². The highest BCUT2D eigenvalue weighted by Gasteiger charge is 2.60. The molecule has 2 aliphatic heterocycles. The molecule has 3 aliphatic rings. The van der Waals surface area contributed by atoms with Crippen LogP contribution < -0.4 is 10.2 Å². The quantitative estimate of drug-likeness (QED) is 0.406. The molecule has 1 saturated carbocycles. The number of piperazine rings is 1. The molecule has 1 aromatic heterocycles. The molecule has 2 N–H and O–H groups in total. The molecule has 2 aromatic rings. The molecule has 1 aliphatic carbocycles. The number of fused-ring (bicyclic) bond motifs is 1. The summed E-state index contributed by atoms with van der Waals surface area (Å²) in [7, 11) is 0. The number of unbranched alkanes of at least 4 members (excludes halogenated alkanes) is 1. The van der Waals surface area contributed by atoms with Gasteiger partial charge in [-0.3, -0.25) is 14.4 Å². The third kappa shape index (κ3) is 6.32. The summed E-state index contributed by atoms with van der Waals surface area (Å²) in [5.74, 6) is -0.665. The Labute approximate surface area is 245 Å². The first kappa shape index (κ1) is 29.3. The molecule has 224 valence electrons. The highest BCUT2D eigenvalue weighted by Crippen LogP contribution is 2.52. The number of ether oxygens (including phenoxy) is 1. The summed E-state index contributed by atoms with van der Waals surface area (Å²) in [5, 5.41) is 12.3. The Morgan fingerprint density at radius 2 is 1.67 bits per heavy atom. The number of aromatic nitrogens is 2. The first-order chi connectivity index (χ1) is 20.3. The SMILES string of the molecule is CCCCOC(=O)N1CCN(C(=O)[C@H](CC)NC(=O)c2cc(N3C[C@@H]4C(C(=O)O)[C@@H]4C3)nc(-c3ccccc3)n2)CC1. The number of carbonyl (C=O) groups excluding carboxylic acids is 3. The lowest BCUT2D eigenvalue weighted by atomic mass is 10.1. The second-order valence-electron chi connectivity index (χ2n) is 11.1. The van der Waals surface area contributed by atoms with E-state index in [0.29, 0.717) is 63.9 Å². The topological polar surface area (TPSA) is 145 Å². The molecule has 0 bridgehead atoms. The maximum Gasteiger partial charge on any atom is 0.409 e. The summed E-state index contributed by atoms with van der Waals surface area (Å²) >= 11 is 0. The van der Waals surface area contributed by atoms with Crippen LogP contribution in [0.3, 0.4) is 0 Å². The molecular weight excluding hydrogens is 540 g/mol. The summed E-state index contributed by atoms with van der Waals surface area (Å²) in [6.07, 6.45) is 1.78. The van der Waals surface area contributed by atoms with E-state index in [2.05, 4.69) is 10.3 Å². The molecule has 2 saturated heterocycles. The number of carboxylic acid groups (broad SMARTS) is 1. The van der Waals surface area contributed by atoms with Gasteiger partial charge < -0.3 is 29.9 Å². The number of benzene rings is 1. The minimum absolute atomic E-state index is 0.0793. The van der Waals surface area contributed by atoms with Crippen LogP contribution in [0.1, 0.15) is 43.6 Å². The average molecular weight is 579 g/mol. The van der Waals surface area contributed by atoms with Gasteiger partial charge in [-0.25, -0.2) is 14.8 Å². The smallest absolute Gasteiger partial charge is 0.409 e. The predicted molar refractivity (Wildman–Crippen MR) is 154 cm³/mol. The summed E-state index contributed by atoms with van der Waals surface area (Å²) in [6, 6.07) is 10.2. The minimum atomic E-state index is -0.763. The van der Waals surface area contributed by atoms with Gasteiger partial charge >= 0.3 is 12.1 Å². The third-order valence-electron chi connectivity index (χ3n) is 8.37. The van der Waals surface area contributed by atoms with Crippen molar-refractivity contribution in [1.29, 1.82) is 0 Å². The van der Waals surface area contributed by atoms with Crippen LogP contribution in [0, 0.1) is 17.8 Å². The highest BCUT2D eigenvalue weighted by molar-refractivity contribution is 5.97. The molecule has 1 aromatic carbocycles. The van der Waals surface area contributed by atoms with Crippen molar-refractivity contribution in [3.05, 3.63) is 42.1 Å². The van der Waals surface area contributed by atoms with Gasteiger partial charge in [0.1, 0.15) is 17.6 Å². The van der Waals surface area contributed by atoms with E-state index < -0.39 is 17.9 Å². The Morgan fingerprint density at radius 3 is 2.29 bits per heavy atom. The van der Waals surface area contributed by atoms with E-state index in [1.807, 2.05) is 49.1 Å². The van der Waals surface area contributed by atoms with Crippen LogP contribution in [0.4, 0.5) is 10.6 Å². The number of nitrogens with zero attached hydrogens (tertiary/aromatic N) is 5. The maximum atomic E-state index is 13.5. The van der Waals surface area contributed by atoms with Crippen molar-refractivity contribution in [2.75, 3.05) is 50.8 Å². The van der Waals surface area contributed by atoms with Crippen LogP contribution in [0.5, 0.6) is 0 Å². The normalized spacial score (nSPS) is 21.9.